The molecular weight excluding hydrogens is 136 g/mol. The Balaban J connectivity index is 3.60. The lowest BCUT2D eigenvalue weighted by atomic mass is 10.4. The summed E-state index contributed by atoms with van der Waals surface area (Å²) in [5, 5.41) is 0. The van der Waals surface area contributed by atoms with Crippen LogP contribution >= 0.6 is 11.8 Å². The highest BCUT2D eigenvalue weighted by Gasteiger charge is 2.02. The lowest BCUT2D eigenvalue weighted by molar-refractivity contribution is -0.114. The van der Waals surface area contributed by atoms with Gasteiger partial charge in [-0.15, -0.1) is 11.8 Å². The molecule has 0 aliphatic rings. The highest BCUT2D eigenvalue weighted by molar-refractivity contribution is 8.03. The molecule has 4 heteroatoms. The molecule has 0 aromatic heterocycles. The third-order valence-electron chi connectivity index (χ3n) is 0.820. The van der Waals surface area contributed by atoms with Crippen LogP contribution in [0.15, 0.2) is 11.5 Å². The zero-order valence-corrected chi connectivity index (χ0v) is 6.12. The Morgan fingerprint density at radius 1 is 1.89 bits per heavy atom. The van der Waals surface area contributed by atoms with Crippen molar-refractivity contribution in [1.29, 1.82) is 0 Å². The molecule has 0 radical (unpaired) electrons. The summed E-state index contributed by atoms with van der Waals surface area (Å²) in [5.41, 5.74) is 2.26. The SMILES string of the molecule is C=C(SC)C(=O)CNN. The largest absolute Gasteiger partial charge is 0.292 e. The number of ketones is 1. The summed E-state index contributed by atoms with van der Waals surface area (Å²) in [6, 6.07) is 0. The first-order chi connectivity index (χ1) is 4.22. The molecule has 52 valence electrons. The van der Waals surface area contributed by atoms with Gasteiger partial charge in [0.2, 0.25) is 0 Å². The van der Waals surface area contributed by atoms with Gasteiger partial charge in [-0.25, -0.2) is 0 Å². The van der Waals surface area contributed by atoms with E-state index in [1.165, 1.54) is 11.8 Å². The van der Waals surface area contributed by atoms with Gasteiger partial charge in [0, 0.05) is 4.91 Å². The third-order valence-corrected chi connectivity index (χ3v) is 1.54. The lowest BCUT2D eigenvalue weighted by Crippen LogP contribution is -2.29. The number of carbonyl (C=O) groups is 1. The van der Waals surface area contributed by atoms with Crippen LogP contribution in [0.3, 0.4) is 0 Å². The Morgan fingerprint density at radius 2 is 2.44 bits per heavy atom. The van der Waals surface area contributed by atoms with Gasteiger partial charge in [-0.05, 0) is 6.26 Å². The van der Waals surface area contributed by atoms with Gasteiger partial charge in [-0.2, -0.15) is 0 Å². The number of hydrogen-bond acceptors (Lipinski definition) is 4. The normalized spacial score (nSPS) is 9.11. The van der Waals surface area contributed by atoms with Crippen LogP contribution in [0.5, 0.6) is 0 Å². The molecule has 0 amide bonds. The fraction of sp³-hybridized carbons (Fsp3) is 0.400. The zero-order chi connectivity index (χ0) is 7.28. The molecule has 0 aromatic rings. The topological polar surface area (TPSA) is 55.1 Å². The number of nitrogens with one attached hydrogen (secondary N) is 1. The van der Waals surface area contributed by atoms with E-state index in [9.17, 15) is 4.79 Å². The molecule has 0 saturated carbocycles. The van der Waals surface area contributed by atoms with Crippen molar-refractivity contribution in [3.63, 3.8) is 0 Å². The predicted octanol–water partition coefficient (Wildman–Crippen LogP) is -0.104. The van der Waals surface area contributed by atoms with Gasteiger partial charge >= 0.3 is 0 Å². The van der Waals surface area contributed by atoms with E-state index < -0.39 is 0 Å². The maximum Gasteiger partial charge on any atom is 0.183 e. The van der Waals surface area contributed by atoms with E-state index >= 15 is 0 Å². The number of Topliss-reactive ketones (excluding diaryl/α,β-unsaturated/α-hetero) is 1. The van der Waals surface area contributed by atoms with Gasteiger partial charge < -0.3 is 0 Å². The molecule has 0 fully saturated rings. The van der Waals surface area contributed by atoms with Crippen molar-refractivity contribution in [2.45, 2.75) is 0 Å². The van der Waals surface area contributed by atoms with Crippen LogP contribution in [0.1, 0.15) is 0 Å². The Hall–Kier alpha value is -0.320. The van der Waals surface area contributed by atoms with Gasteiger partial charge in [0.1, 0.15) is 0 Å². The van der Waals surface area contributed by atoms with E-state index in [1.54, 1.807) is 6.26 Å². The Bertz CT molecular complexity index is 124. The quantitative estimate of drug-likeness (QED) is 0.330. The molecule has 0 spiro atoms. The van der Waals surface area contributed by atoms with Crippen LogP contribution in [0.2, 0.25) is 0 Å². The molecule has 0 rings (SSSR count). The molecule has 0 bridgehead atoms. The number of hydrogen-bond donors (Lipinski definition) is 2. The van der Waals surface area contributed by atoms with Gasteiger partial charge in [0.25, 0.3) is 0 Å². The summed E-state index contributed by atoms with van der Waals surface area (Å²) in [6.45, 7) is 3.68. The fourth-order valence-electron chi connectivity index (χ4n) is 0.305. The molecule has 0 atom stereocenters. The minimum Gasteiger partial charge on any atom is -0.292 e. The summed E-state index contributed by atoms with van der Waals surface area (Å²) in [7, 11) is 0. The van der Waals surface area contributed by atoms with E-state index in [0.29, 0.717) is 4.91 Å². The average molecular weight is 146 g/mol. The molecule has 3 nitrogen and oxygen atoms in total. The first-order valence-electron chi connectivity index (χ1n) is 2.42. The van der Waals surface area contributed by atoms with Gasteiger partial charge in [0.05, 0.1) is 6.54 Å². The van der Waals surface area contributed by atoms with Crippen molar-refractivity contribution in [1.82, 2.24) is 5.43 Å². The van der Waals surface area contributed by atoms with Crippen molar-refractivity contribution in [3.05, 3.63) is 11.5 Å². The number of nitrogens with two attached hydrogens (primary N) is 1. The van der Waals surface area contributed by atoms with Crippen LogP contribution < -0.4 is 11.3 Å². The monoisotopic (exact) mass is 146 g/mol. The van der Waals surface area contributed by atoms with Crippen LogP contribution in [-0.2, 0) is 4.79 Å². The first kappa shape index (κ1) is 8.68. The highest BCUT2D eigenvalue weighted by Crippen LogP contribution is 2.07. The van der Waals surface area contributed by atoms with E-state index in [-0.39, 0.29) is 12.3 Å². The maximum absolute atomic E-state index is 10.7. The molecule has 0 aliphatic heterocycles. The van der Waals surface area contributed by atoms with Gasteiger partial charge in [-0.1, -0.05) is 6.58 Å². The van der Waals surface area contributed by atoms with Crippen molar-refractivity contribution in [3.8, 4) is 0 Å². The fourth-order valence-corrected chi connectivity index (χ4v) is 0.605. The van der Waals surface area contributed by atoms with Crippen molar-refractivity contribution in [2.24, 2.45) is 5.84 Å². The Morgan fingerprint density at radius 3 is 2.78 bits per heavy atom. The van der Waals surface area contributed by atoms with Gasteiger partial charge in [-0.3, -0.25) is 16.1 Å². The Kier molecular flexibility index (Phi) is 4.39. The predicted molar refractivity (Wildman–Crippen MR) is 39.9 cm³/mol. The second-order valence-corrected chi connectivity index (χ2v) is 2.33. The van der Waals surface area contributed by atoms with E-state index in [2.05, 4.69) is 12.0 Å². The maximum atomic E-state index is 10.7. The summed E-state index contributed by atoms with van der Waals surface area (Å²) in [5.74, 6) is 4.85. The molecular formula is C5H10N2OS. The van der Waals surface area contributed by atoms with Crippen LogP contribution in [-0.4, -0.2) is 18.6 Å². The number of hydrazine groups is 1. The smallest absolute Gasteiger partial charge is 0.183 e. The van der Waals surface area contributed by atoms with E-state index in [1.807, 2.05) is 0 Å². The first-order valence-corrected chi connectivity index (χ1v) is 3.64. The summed E-state index contributed by atoms with van der Waals surface area (Å²) >= 11 is 1.33. The second kappa shape index (κ2) is 4.55. The van der Waals surface area contributed by atoms with E-state index in [4.69, 9.17) is 5.84 Å². The standard InChI is InChI=1S/C5H10N2OS/c1-4(9-2)5(8)3-7-6/h7H,1,3,6H2,2H3. The number of rotatable bonds is 4. The molecule has 0 heterocycles. The number of thioether (sulfide) groups is 1. The molecule has 3 N–H and O–H groups in total. The zero-order valence-electron chi connectivity index (χ0n) is 5.31. The summed E-state index contributed by atoms with van der Waals surface area (Å²) in [6.07, 6.45) is 1.80. The van der Waals surface area contributed by atoms with Crippen molar-refractivity contribution in [2.75, 3.05) is 12.8 Å². The molecule has 0 unspecified atom stereocenters. The molecule has 0 saturated heterocycles. The van der Waals surface area contributed by atoms with Gasteiger partial charge in [0.15, 0.2) is 5.78 Å². The highest BCUT2D eigenvalue weighted by atomic mass is 32.2. The molecule has 0 aliphatic carbocycles. The molecule has 0 aromatic carbocycles. The average Bonchev–Trinajstić information content (AvgIpc) is 1.87. The van der Waals surface area contributed by atoms with Crippen LogP contribution in [0.4, 0.5) is 0 Å². The lowest BCUT2D eigenvalue weighted by Gasteiger charge is -1.97. The van der Waals surface area contributed by atoms with Crippen LogP contribution in [0.25, 0.3) is 0 Å². The van der Waals surface area contributed by atoms with Crippen LogP contribution in [0, 0.1) is 0 Å². The Labute approximate surface area is 58.7 Å². The minimum atomic E-state index is -0.0509. The second-order valence-electron chi connectivity index (χ2n) is 1.43. The minimum absolute atomic E-state index is 0.0509. The number of carbonyl (C=O) groups excluding carboxylic acids is 1. The molecule has 9 heavy (non-hydrogen) atoms. The van der Waals surface area contributed by atoms with Crippen molar-refractivity contribution < 1.29 is 4.79 Å². The summed E-state index contributed by atoms with van der Waals surface area (Å²) in [4.78, 5) is 11.2. The van der Waals surface area contributed by atoms with E-state index in [0.717, 1.165) is 0 Å². The summed E-state index contributed by atoms with van der Waals surface area (Å²) < 4.78 is 0. The third kappa shape index (κ3) is 3.29. The van der Waals surface area contributed by atoms with Crippen molar-refractivity contribution >= 4 is 17.5 Å².